The van der Waals surface area contributed by atoms with Crippen LogP contribution in [0.25, 0.3) is 0 Å². The normalized spacial score (nSPS) is 23.5. The fourth-order valence-corrected chi connectivity index (χ4v) is 1.96. The molecular formula is C9H10F2N2O. The maximum Gasteiger partial charge on any atom is 0.330 e. The molecule has 0 aliphatic carbocycles. The molecule has 2 rings (SSSR count). The zero-order valence-electron chi connectivity index (χ0n) is 7.63. The predicted molar refractivity (Wildman–Crippen MR) is 46.2 cm³/mol. The summed E-state index contributed by atoms with van der Waals surface area (Å²) in [5, 5.41) is 0. The van der Waals surface area contributed by atoms with Gasteiger partial charge in [0.05, 0.1) is 0 Å². The van der Waals surface area contributed by atoms with Gasteiger partial charge in [-0.25, -0.2) is 0 Å². The highest BCUT2D eigenvalue weighted by molar-refractivity contribution is 5.91. The van der Waals surface area contributed by atoms with Gasteiger partial charge < -0.3 is 5.73 Å². The van der Waals surface area contributed by atoms with Crippen LogP contribution in [0.5, 0.6) is 0 Å². The van der Waals surface area contributed by atoms with Crippen LogP contribution in [0, 0.1) is 0 Å². The van der Waals surface area contributed by atoms with E-state index in [-0.39, 0.29) is 18.0 Å². The number of nitrogens with two attached hydrogens (primary N) is 1. The van der Waals surface area contributed by atoms with E-state index in [0.717, 1.165) is 4.57 Å². The lowest BCUT2D eigenvalue weighted by atomic mass is 10.1. The molecule has 0 spiro atoms. The second-order valence-corrected chi connectivity index (χ2v) is 3.61. The summed E-state index contributed by atoms with van der Waals surface area (Å²) >= 11 is 0. The maximum atomic E-state index is 13.4. The number of primary amides is 1. The molecular weight excluding hydrogens is 190 g/mol. The summed E-state index contributed by atoms with van der Waals surface area (Å²) in [6, 6.07) is -0.102. The van der Waals surface area contributed by atoms with E-state index in [2.05, 4.69) is 0 Å². The number of aromatic nitrogens is 1. The second kappa shape index (κ2) is 2.56. The van der Waals surface area contributed by atoms with Crippen molar-refractivity contribution in [3.8, 4) is 0 Å². The van der Waals surface area contributed by atoms with Crippen LogP contribution in [-0.4, -0.2) is 10.5 Å². The van der Waals surface area contributed by atoms with Crippen molar-refractivity contribution in [2.75, 3.05) is 0 Å². The van der Waals surface area contributed by atoms with Gasteiger partial charge in [-0.2, -0.15) is 8.78 Å². The molecule has 0 radical (unpaired) electrons. The van der Waals surface area contributed by atoms with Gasteiger partial charge in [0.15, 0.2) is 0 Å². The third-order valence-corrected chi connectivity index (χ3v) is 2.55. The Labute approximate surface area is 79.5 Å². The SMILES string of the molecule is CC1CC(F)(F)n2c(C(N)=O)ccc21. The van der Waals surface area contributed by atoms with Crippen LogP contribution in [0.15, 0.2) is 12.1 Å². The van der Waals surface area contributed by atoms with Crippen LogP contribution in [-0.2, 0) is 6.05 Å². The Morgan fingerprint density at radius 3 is 2.86 bits per heavy atom. The first kappa shape index (κ1) is 9.18. The average molecular weight is 200 g/mol. The standard InChI is InChI=1S/C9H10F2N2O/c1-5-4-9(10,11)13-6(5)2-3-7(13)8(12)14/h2-3,5H,4H2,1H3,(H2,12,14). The number of carbonyl (C=O) groups is 1. The quantitative estimate of drug-likeness (QED) is 0.736. The highest BCUT2D eigenvalue weighted by Crippen LogP contribution is 2.43. The lowest BCUT2D eigenvalue weighted by Gasteiger charge is -2.14. The smallest absolute Gasteiger partial charge is 0.330 e. The van der Waals surface area contributed by atoms with Gasteiger partial charge in [-0.15, -0.1) is 0 Å². The Kier molecular flexibility index (Phi) is 1.68. The number of hydrogen-bond acceptors (Lipinski definition) is 1. The van der Waals surface area contributed by atoms with Gasteiger partial charge in [0.2, 0.25) is 0 Å². The summed E-state index contributed by atoms with van der Waals surface area (Å²) in [6.45, 7) is 1.71. The average Bonchev–Trinajstić information content (AvgIpc) is 2.53. The lowest BCUT2D eigenvalue weighted by Crippen LogP contribution is -2.25. The van der Waals surface area contributed by atoms with Crippen molar-refractivity contribution in [3.63, 3.8) is 0 Å². The Hall–Kier alpha value is -1.39. The summed E-state index contributed by atoms with van der Waals surface area (Å²) in [5.74, 6) is -1.05. The molecule has 5 heteroatoms. The van der Waals surface area contributed by atoms with Crippen molar-refractivity contribution in [1.29, 1.82) is 0 Å². The van der Waals surface area contributed by atoms with Crippen molar-refractivity contribution in [2.24, 2.45) is 5.73 Å². The van der Waals surface area contributed by atoms with Crippen LogP contribution >= 0.6 is 0 Å². The monoisotopic (exact) mass is 200 g/mol. The first-order valence-electron chi connectivity index (χ1n) is 4.33. The summed E-state index contributed by atoms with van der Waals surface area (Å²) in [4.78, 5) is 10.9. The number of carbonyl (C=O) groups excluding carboxylic acids is 1. The van der Waals surface area contributed by atoms with E-state index in [1.54, 1.807) is 6.92 Å². The van der Waals surface area contributed by atoms with Crippen LogP contribution in [0.3, 0.4) is 0 Å². The van der Waals surface area contributed by atoms with Crippen molar-refractivity contribution in [1.82, 2.24) is 4.57 Å². The maximum absolute atomic E-state index is 13.4. The molecule has 0 saturated heterocycles. The van der Waals surface area contributed by atoms with Gasteiger partial charge in [0.1, 0.15) is 5.69 Å². The topological polar surface area (TPSA) is 48.0 Å². The number of hydrogen-bond donors (Lipinski definition) is 1. The van der Waals surface area contributed by atoms with Crippen LogP contribution in [0.4, 0.5) is 8.78 Å². The Morgan fingerprint density at radius 2 is 2.29 bits per heavy atom. The number of alkyl halides is 2. The third kappa shape index (κ3) is 1.05. The highest BCUT2D eigenvalue weighted by Gasteiger charge is 2.44. The Morgan fingerprint density at radius 1 is 1.64 bits per heavy atom. The number of nitrogens with zero attached hydrogens (tertiary/aromatic N) is 1. The number of fused-ring (bicyclic) bond motifs is 1. The van der Waals surface area contributed by atoms with E-state index in [9.17, 15) is 13.6 Å². The molecule has 14 heavy (non-hydrogen) atoms. The minimum Gasteiger partial charge on any atom is -0.364 e. The Balaban J connectivity index is 2.62. The first-order chi connectivity index (χ1) is 6.43. The van der Waals surface area contributed by atoms with Crippen LogP contribution in [0.2, 0.25) is 0 Å². The molecule has 76 valence electrons. The summed E-state index contributed by atoms with van der Waals surface area (Å²) in [7, 11) is 0. The zero-order valence-corrected chi connectivity index (χ0v) is 7.63. The van der Waals surface area contributed by atoms with E-state index in [0.29, 0.717) is 5.69 Å². The molecule has 0 aromatic carbocycles. The van der Waals surface area contributed by atoms with Gasteiger partial charge in [-0.3, -0.25) is 9.36 Å². The number of rotatable bonds is 1. The zero-order chi connectivity index (χ0) is 10.5. The molecule has 0 bridgehead atoms. The van der Waals surface area contributed by atoms with Crippen molar-refractivity contribution in [2.45, 2.75) is 25.3 Å². The van der Waals surface area contributed by atoms with Gasteiger partial charge in [0, 0.05) is 18.0 Å². The van der Waals surface area contributed by atoms with E-state index in [1.165, 1.54) is 12.1 Å². The molecule has 0 saturated carbocycles. The fourth-order valence-electron chi connectivity index (χ4n) is 1.96. The van der Waals surface area contributed by atoms with E-state index < -0.39 is 12.0 Å². The van der Waals surface area contributed by atoms with Crippen LogP contribution in [0.1, 0.15) is 35.4 Å². The predicted octanol–water partition coefficient (Wildman–Crippen LogP) is 1.64. The molecule has 0 fully saturated rings. The summed E-state index contributed by atoms with van der Waals surface area (Å²) in [6.07, 6.45) is -0.260. The van der Waals surface area contributed by atoms with Crippen molar-refractivity contribution in [3.05, 3.63) is 23.5 Å². The Bertz CT molecular complexity index is 398. The lowest BCUT2D eigenvalue weighted by molar-refractivity contribution is -0.0758. The minimum absolute atomic E-state index is 0.116. The fraction of sp³-hybridized carbons (Fsp3) is 0.444. The molecule has 1 aromatic heterocycles. The van der Waals surface area contributed by atoms with Gasteiger partial charge in [0.25, 0.3) is 5.91 Å². The van der Waals surface area contributed by atoms with Gasteiger partial charge in [-0.05, 0) is 12.1 Å². The first-order valence-corrected chi connectivity index (χ1v) is 4.33. The van der Waals surface area contributed by atoms with Crippen LogP contribution < -0.4 is 5.73 Å². The van der Waals surface area contributed by atoms with E-state index in [4.69, 9.17) is 5.73 Å². The molecule has 1 unspecified atom stereocenters. The van der Waals surface area contributed by atoms with E-state index >= 15 is 0 Å². The van der Waals surface area contributed by atoms with Crippen molar-refractivity contribution < 1.29 is 13.6 Å². The summed E-state index contributed by atoms with van der Waals surface area (Å²) < 4.78 is 27.5. The number of amides is 1. The molecule has 1 aliphatic rings. The molecule has 1 atom stereocenters. The summed E-state index contributed by atoms with van der Waals surface area (Å²) in [5.41, 5.74) is 5.36. The van der Waals surface area contributed by atoms with E-state index in [1.807, 2.05) is 0 Å². The highest BCUT2D eigenvalue weighted by atomic mass is 19.3. The number of halogens is 2. The molecule has 2 N–H and O–H groups in total. The molecule has 1 amide bonds. The molecule has 3 nitrogen and oxygen atoms in total. The van der Waals surface area contributed by atoms with Gasteiger partial charge in [-0.1, -0.05) is 6.92 Å². The second-order valence-electron chi connectivity index (χ2n) is 3.61. The third-order valence-electron chi connectivity index (χ3n) is 2.55. The molecule has 2 heterocycles. The minimum atomic E-state index is -2.98. The van der Waals surface area contributed by atoms with Gasteiger partial charge >= 0.3 is 6.05 Å². The van der Waals surface area contributed by atoms with Crippen molar-refractivity contribution >= 4 is 5.91 Å². The molecule has 1 aromatic rings. The molecule has 1 aliphatic heterocycles. The largest absolute Gasteiger partial charge is 0.364 e.